The molecule has 0 radical (unpaired) electrons. The lowest BCUT2D eigenvalue weighted by molar-refractivity contribution is -0.272. The fourth-order valence-electron chi connectivity index (χ4n) is 1.53. The lowest BCUT2D eigenvalue weighted by Gasteiger charge is -2.26. The summed E-state index contributed by atoms with van der Waals surface area (Å²) < 4.78 is 0. The molecule has 0 aromatic heterocycles. The van der Waals surface area contributed by atoms with Crippen LogP contribution in [0.3, 0.4) is 0 Å². The molecular weight excluding hydrogens is 152 g/mol. The van der Waals surface area contributed by atoms with Crippen LogP contribution in [0.15, 0.2) is 23.8 Å². The fourth-order valence-corrected chi connectivity index (χ4v) is 1.53. The topological polar surface area (TPSA) is 29.5 Å². The molecule has 2 nitrogen and oxygen atoms in total. The molecule has 68 valence electrons. The highest BCUT2D eigenvalue weighted by Gasteiger charge is 2.22. The quantitative estimate of drug-likeness (QED) is 0.390. The summed E-state index contributed by atoms with van der Waals surface area (Å²) in [6.45, 7) is 7.91. The minimum atomic E-state index is -0.125. The summed E-state index contributed by atoms with van der Waals surface area (Å²) in [5.74, 6) is 0.464. The molecule has 0 spiro atoms. The van der Waals surface area contributed by atoms with Gasteiger partial charge in [0.2, 0.25) is 0 Å². The van der Waals surface area contributed by atoms with Gasteiger partial charge in [-0.05, 0) is 38.2 Å². The highest BCUT2D eigenvalue weighted by atomic mass is 17.1. The van der Waals surface area contributed by atoms with Crippen molar-refractivity contribution < 1.29 is 10.1 Å². The molecule has 0 bridgehead atoms. The van der Waals surface area contributed by atoms with Gasteiger partial charge in [0.1, 0.15) is 6.10 Å². The molecule has 0 saturated heterocycles. The van der Waals surface area contributed by atoms with Gasteiger partial charge in [0, 0.05) is 0 Å². The molecule has 0 unspecified atom stereocenters. The van der Waals surface area contributed by atoms with Crippen LogP contribution >= 0.6 is 0 Å². The summed E-state index contributed by atoms with van der Waals surface area (Å²) in [5, 5.41) is 8.59. The second-order valence-corrected chi connectivity index (χ2v) is 3.56. The lowest BCUT2D eigenvalue weighted by Crippen LogP contribution is -2.22. The molecule has 2 atom stereocenters. The first-order chi connectivity index (χ1) is 5.65. The molecule has 0 heterocycles. The Balaban J connectivity index is 2.64. The third-order valence-corrected chi connectivity index (χ3v) is 2.55. The molecule has 1 rings (SSSR count). The molecular formula is C10H16O2. The Kier molecular flexibility index (Phi) is 3.06. The molecule has 12 heavy (non-hydrogen) atoms. The third-order valence-electron chi connectivity index (χ3n) is 2.55. The fraction of sp³-hybridized carbons (Fsp3) is 0.600. The van der Waals surface area contributed by atoms with Crippen molar-refractivity contribution >= 4 is 0 Å². The van der Waals surface area contributed by atoms with E-state index < -0.39 is 0 Å². The summed E-state index contributed by atoms with van der Waals surface area (Å²) >= 11 is 0. The Morgan fingerprint density at radius 1 is 1.75 bits per heavy atom. The zero-order valence-corrected chi connectivity index (χ0v) is 7.71. The first kappa shape index (κ1) is 9.49. The summed E-state index contributed by atoms with van der Waals surface area (Å²) in [6, 6.07) is 0. The summed E-state index contributed by atoms with van der Waals surface area (Å²) in [5.41, 5.74) is 2.29. The van der Waals surface area contributed by atoms with Crippen molar-refractivity contribution in [2.75, 3.05) is 0 Å². The molecule has 0 saturated carbocycles. The van der Waals surface area contributed by atoms with E-state index in [2.05, 4.69) is 17.5 Å². The number of hydrogen-bond acceptors (Lipinski definition) is 2. The van der Waals surface area contributed by atoms with Gasteiger partial charge in [-0.3, -0.25) is 5.26 Å². The summed E-state index contributed by atoms with van der Waals surface area (Å²) in [6.07, 6.45) is 3.87. The Morgan fingerprint density at radius 3 is 2.92 bits per heavy atom. The van der Waals surface area contributed by atoms with Crippen LogP contribution in [-0.4, -0.2) is 11.4 Å². The molecule has 0 amide bonds. The van der Waals surface area contributed by atoms with E-state index in [0.29, 0.717) is 5.92 Å². The van der Waals surface area contributed by atoms with Crippen LogP contribution in [0, 0.1) is 5.92 Å². The normalized spacial score (nSPS) is 29.8. The van der Waals surface area contributed by atoms with E-state index in [1.165, 1.54) is 5.57 Å². The minimum absolute atomic E-state index is 0.125. The van der Waals surface area contributed by atoms with E-state index in [9.17, 15) is 0 Å². The zero-order chi connectivity index (χ0) is 9.14. The van der Waals surface area contributed by atoms with Crippen LogP contribution in [-0.2, 0) is 4.89 Å². The first-order valence-corrected chi connectivity index (χ1v) is 4.27. The van der Waals surface area contributed by atoms with Crippen LogP contribution in [0.1, 0.15) is 26.7 Å². The van der Waals surface area contributed by atoms with Gasteiger partial charge in [-0.15, -0.1) is 0 Å². The third kappa shape index (κ3) is 1.96. The molecule has 0 aromatic rings. The molecule has 2 heteroatoms. The van der Waals surface area contributed by atoms with E-state index in [1.807, 2.05) is 13.8 Å². The van der Waals surface area contributed by atoms with E-state index in [1.54, 1.807) is 0 Å². The van der Waals surface area contributed by atoms with Gasteiger partial charge in [-0.25, -0.2) is 4.89 Å². The van der Waals surface area contributed by atoms with Crippen molar-refractivity contribution in [2.45, 2.75) is 32.8 Å². The van der Waals surface area contributed by atoms with Gasteiger partial charge in [0.05, 0.1) is 0 Å². The van der Waals surface area contributed by atoms with Crippen LogP contribution in [0.25, 0.3) is 0 Å². The van der Waals surface area contributed by atoms with Crippen LogP contribution in [0.4, 0.5) is 0 Å². The molecule has 0 aromatic carbocycles. The molecule has 1 N–H and O–H groups in total. The average Bonchev–Trinajstić information content (AvgIpc) is 2.05. The van der Waals surface area contributed by atoms with E-state index in [4.69, 9.17) is 5.26 Å². The molecule has 1 aliphatic rings. The van der Waals surface area contributed by atoms with Gasteiger partial charge < -0.3 is 0 Å². The van der Waals surface area contributed by atoms with Crippen molar-refractivity contribution in [3.8, 4) is 0 Å². The van der Waals surface area contributed by atoms with Gasteiger partial charge in [-0.2, -0.15) is 0 Å². The van der Waals surface area contributed by atoms with Crippen LogP contribution in [0.5, 0.6) is 0 Å². The summed E-state index contributed by atoms with van der Waals surface area (Å²) in [7, 11) is 0. The average molecular weight is 168 g/mol. The number of hydrogen-bond donors (Lipinski definition) is 1. The Hall–Kier alpha value is -0.600. The maximum absolute atomic E-state index is 8.59. The maximum atomic E-state index is 8.59. The second-order valence-electron chi connectivity index (χ2n) is 3.56. The highest BCUT2D eigenvalue weighted by molar-refractivity contribution is 5.14. The smallest absolute Gasteiger partial charge is 0.114 e. The van der Waals surface area contributed by atoms with Gasteiger partial charge in [-0.1, -0.05) is 18.2 Å². The molecule has 0 aliphatic heterocycles. The predicted molar refractivity (Wildman–Crippen MR) is 48.8 cm³/mol. The van der Waals surface area contributed by atoms with Crippen LogP contribution < -0.4 is 0 Å². The maximum Gasteiger partial charge on any atom is 0.114 e. The minimum Gasteiger partial charge on any atom is -0.251 e. The number of allylic oxidation sites excluding steroid dienone is 2. The van der Waals surface area contributed by atoms with Crippen molar-refractivity contribution in [1.29, 1.82) is 0 Å². The summed E-state index contributed by atoms with van der Waals surface area (Å²) in [4.78, 5) is 4.37. The Labute approximate surface area is 73.5 Å². The van der Waals surface area contributed by atoms with Crippen molar-refractivity contribution in [2.24, 2.45) is 5.92 Å². The predicted octanol–water partition coefficient (Wildman–Crippen LogP) is 2.78. The Bertz CT molecular complexity index is 206. The van der Waals surface area contributed by atoms with Gasteiger partial charge in [0.15, 0.2) is 0 Å². The van der Waals surface area contributed by atoms with E-state index in [-0.39, 0.29) is 6.10 Å². The molecule has 1 aliphatic carbocycles. The molecule has 0 fully saturated rings. The van der Waals surface area contributed by atoms with Gasteiger partial charge >= 0.3 is 0 Å². The Morgan fingerprint density at radius 2 is 2.42 bits per heavy atom. The second kappa shape index (κ2) is 3.87. The van der Waals surface area contributed by atoms with E-state index >= 15 is 0 Å². The number of rotatable bonds is 2. The van der Waals surface area contributed by atoms with Crippen molar-refractivity contribution in [3.63, 3.8) is 0 Å². The van der Waals surface area contributed by atoms with Crippen LogP contribution in [0.2, 0.25) is 0 Å². The van der Waals surface area contributed by atoms with Crippen molar-refractivity contribution in [3.05, 3.63) is 23.8 Å². The highest BCUT2D eigenvalue weighted by Crippen LogP contribution is 2.29. The largest absolute Gasteiger partial charge is 0.251 e. The SMILES string of the molecule is C=C(C)[C@H]1CC=C(C)[C@H](OO)C1. The first-order valence-electron chi connectivity index (χ1n) is 4.27. The standard InChI is InChI=1S/C10H16O2/c1-7(2)9-5-4-8(3)10(6-9)12-11/h4,9-11H,1,5-6H2,2-3H3/t9-,10+/m0/s1. The van der Waals surface area contributed by atoms with Crippen molar-refractivity contribution in [1.82, 2.24) is 0 Å². The van der Waals surface area contributed by atoms with E-state index in [0.717, 1.165) is 18.4 Å². The zero-order valence-electron chi connectivity index (χ0n) is 7.71. The van der Waals surface area contributed by atoms with Gasteiger partial charge in [0.25, 0.3) is 0 Å². The monoisotopic (exact) mass is 168 g/mol. The lowest BCUT2D eigenvalue weighted by atomic mass is 9.84.